The van der Waals surface area contributed by atoms with Crippen molar-refractivity contribution in [1.29, 1.82) is 0 Å². The van der Waals surface area contributed by atoms with Gasteiger partial charge in [0.1, 0.15) is 5.78 Å². The van der Waals surface area contributed by atoms with Gasteiger partial charge in [-0.25, -0.2) is 0 Å². The molecule has 4 nitrogen and oxygen atoms in total. The predicted molar refractivity (Wildman–Crippen MR) is 100 cm³/mol. The first-order valence-corrected chi connectivity index (χ1v) is 9.98. The molecule has 1 atom stereocenters. The summed E-state index contributed by atoms with van der Waals surface area (Å²) in [5.41, 5.74) is 4.00. The Morgan fingerprint density at radius 3 is 2.56 bits per heavy atom. The molecule has 2 fully saturated rings. The lowest BCUT2D eigenvalue weighted by Crippen LogP contribution is -2.49. The number of rotatable bonds is 3. The van der Waals surface area contributed by atoms with Crippen LogP contribution in [0.3, 0.4) is 0 Å². The minimum Gasteiger partial charge on any atom is -0.379 e. The molecule has 0 saturated carbocycles. The number of Topliss-reactive ketones (excluding diaryl/α,β-unsaturated/α-hetero) is 1. The van der Waals surface area contributed by atoms with E-state index in [1.54, 1.807) is 0 Å². The molecule has 0 spiro atoms. The summed E-state index contributed by atoms with van der Waals surface area (Å²) in [4.78, 5) is 17.4. The Morgan fingerprint density at radius 2 is 1.84 bits per heavy atom. The minimum atomic E-state index is 0.120. The highest BCUT2D eigenvalue weighted by Gasteiger charge is 2.29. The molecule has 25 heavy (non-hydrogen) atoms. The van der Waals surface area contributed by atoms with Crippen LogP contribution in [0.15, 0.2) is 18.2 Å². The van der Waals surface area contributed by atoms with Crippen molar-refractivity contribution in [3.05, 3.63) is 29.3 Å². The zero-order chi connectivity index (χ0) is 17.2. The van der Waals surface area contributed by atoms with Crippen LogP contribution in [0, 0.1) is 0 Å². The second kappa shape index (κ2) is 7.46. The first-order chi connectivity index (χ1) is 12.3. The SMILES string of the molecule is CCC1C(=O)CCc2ccc(N3CCC(N4CCOCC4)CC3)cc21. The van der Waals surface area contributed by atoms with Crippen molar-refractivity contribution in [3.8, 4) is 0 Å². The lowest BCUT2D eigenvalue weighted by Gasteiger charge is -2.41. The second-order valence-corrected chi connectivity index (χ2v) is 7.68. The summed E-state index contributed by atoms with van der Waals surface area (Å²) in [5.74, 6) is 0.549. The van der Waals surface area contributed by atoms with Crippen molar-refractivity contribution in [2.45, 2.75) is 51.0 Å². The van der Waals surface area contributed by atoms with Gasteiger partial charge in [0.2, 0.25) is 0 Å². The largest absolute Gasteiger partial charge is 0.379 e. The number of carbonyl (C=O) groups is 1. The summed E-state index contributed by atoms with van der Waals surface area (Å²) >= 11 is 0. The molecule has 1 aromatic rings. The summed E-state index contributed by atoms with van der Waals surface area (Å²) < 4.78 is 5.48. The zero-order valence-electron chi connectivity index (χ0n) is 15.4. The van der Waals surface area contributed by atoms with E-state index in [1.807, 2.05) is 0 Å². The maximum absolute atomic E-state index is 12.3. The maximum atomic E-state index is 12.3. The third-order valence-electron chi connectivity index (χ3n) is 6.33. The minimum absolute atomic E-state index is 0.120. The van der Waals surface area contributed by atoms with Crippen molar-refractivity contribution < 1.29 is 9.53 Å². The van der Waals surface area contributed by atoms with Crippen LogP contribution in [0.25, 0.3) is 0 Å². The first kappa shape index (κ1) is 17.0. The molecular formula is C21H30N2O2. The fourth-order valence-corrected chi connectivity index (χ4v) is 4.82. The number of benzene rings is 1. The van der Waals surface area contributed by atoms with Crippen LogP contribution in [-0.4, -0.2) is 56.1 Å². The van der Waals surface area contributed by atoms with Gasteiger partial charge in [-0.2, -0.15) is 0 Å². The molecule has 3 aliphatic rings. The lowest BCUT2D eigenvalue weighted by molar-refractivity contribution is -0.121. The third kappa shape index (κ3) is 3.47. The number of nitrogens with zero attached hydrogens (tertiary/aromatic N) is 2. The number of carbonyl (C=O) groups excluding carboxylic acids is 1. The van der Waals surface area contributed by atoms with Crippen LogP contribution < -0.4 is 4.90 Å². The number of ether oxygens (including phenoxy) is 1. The smallest absolute Gasteiger partial charge is 0.140 e. The van der Waals surface area contributed by atoms with Crippen LogP contribution in [0.1, 0.15) is 49.7 Å². The van der Waals surface area contributed by atoms with E-state index < -0.39 is 0 Å². The number of hydrogen-bond acceptors (Lipinski definition) is 4. The summed E-state index contributed by atoms with van der Waals surface area (Å²) in [6.45, 7) is 8.32. The Kier molecular flexibility index (Phi) is 5.09. The summed E-state index contributed by atoms with van der Waals surface area (Å²) in [6.07, 6.45) is 5.02. The van der Waals surface area contributed by atoms with Gasteiger partial charge in [-0.1, -0.05) is 13.0 Å². The van der Waals surface area contributed by atoms with E-state index in [1.165, 1.54) is 29.7 Å². The van der Waals surface area contributed by atoms with E-state index in [2.05, 4.69) is 34.9 Å². The van der Waals surface area contributed by atoms with Gasteiger partial charge in [0, 0.05) is 50.2 Å². The monoisotopic (exact) mass is 342 g/mol. The van der Waals surface area contributed by atoms with Gasteiger partial charge in [-0.05, 0) is 48.9 Å². The second-order valence-electron chi connectivity index (χ2n) is 7.68. The molecular weight excluding hydrogens is 312 g/mol. The number of hydrogen-bond donors (Lipinski definition) is 0. The molecule has 2 heterocycles. The number of morpholine rings is 1. The maximum Gasteiger partial charge on any atom is 0.140 e. The average Bonchev–Trinajstić information content (AvgIpc) is 2.68. The number of anilines is 1. The van der Waals surface area contributed by atoms with Gasteiger partial charge in [-0.3, -0.25) is 9.69 Å². The van der Waals surface area contributed by atoms with E-state index in [9.17, 15) is 4.79 Å². The molecule has 2 aliphatic heterocycles. The molecule has 0 bridgehead atoms. The van der Waals surface area contributed by atoms with Crippen LogP contribution in [0.5, 0.6) is 0 Å². The van der Waals surface area contributed by atoms with E-state index in [4.69, 9.17) is 4.74 Å². The van der Waals surface area contributed by atoms with E-state index in [0.717, 1.165) is 58.7 Å². The predicted octanol–water partition coefficient (Wildman–Crippen LogP) is 3.00. The van der Waals surface area contributed by atoms with Gasteiger partial charge in [0.15, 0.2) is 0 Å². The molecule has 0 aromatic heterocycles. The molecule has 4 rings (SSSR count). The van der Waals surface area contributed by atoms with Crippen molar-refractivity contribution >= 4 is 11.5 Å². The highest BCUT2D eigenvalue weighted by atomic mass is 16.5. The van der Waals surface area contributed by atoms with Gasteiger partial charge in [0.05, 0.1) is 13.2 Å². The van der Waals surface area contributed by atoms with Crippen molar-refractivity contribution in [1.82, 2.24) is 4.90 Å². The Hall–Kier alpha value is -1.39. The molecule has 2 saturated heterocycles. The normalized spacial score (nSPS) is 25.9. The Bertz CT molecular complexity index is 616. The summed E-state index contributed by atoms with van der Waals surface area (Å²) in [5, 5.41) is 0. The van der Waals surface area contributed by atoms with Gasteiger partial charge >= 0.3 is 0 Å². The molecule has 0 N–H and O–H groups in total. The summed E-state index contributed by atoms with van der Waals surface area (Å²) in [6, 6.07) is 7.57. The Morgan fingerprint density at radius 1 is 1.08 bits per heavy atom. The highest BCUT2D eigenvalue weighted by molar-refractivity contribution is 5.88. The lowest BCUT2D eigenvalue weighted by atomic mass is 9.80. The molecule has 1 aliphatic carbocycles. The quantitative estimate of drug-likeness (QED) is 0.845. The topological polar surface area (TPSA) is 32.8 Å². The van der Waals surface area contributed by atoms with Crippen molar-refractivity contribution in [2.75, 3.05) is 44.3 Å². The highest BCUT2D eigenvalue weighted by Crippen LogP contribution is 2.35. The standard InChI is InChI=1S/C21H30N2O2/c1-2-19-20-15-18(5-3-16(20)4-6-21(19)24)22-9-7-17(8-10-22)23-11-13-25-14-12-23/h3,5,15,17,19H,2,4,6-14H2,1H3. The van der Waals surface area contributed by atoms with E-state index in [-0.39, 0.29) is 5.92 Å². The Labute approximate surface area is 151 Å². The number of fused-ring (bicyclic) bond motifs is 1. The fourth-order valence-electron chi connectivity index (χ4n) is 4.82. The molecule has 0 radical (unpaired) electrons. The van der Waals surface area contributed by atoms with Crippen molar-refractivity contribution in [2.24, 2.45) is 0 Å². The zero-order valence-corrected chi connectivity index (χ0v) is 15.4. The van der Waals surface area contributed by atoms with Crippen LogP contribution >= 0.6 is 0 Å². The van der Waals surface area contributed by atoms with Gasteiger partial charge in [-0.15, -0.1) is 0 Å². The third-order valence-corrected chi connectivity index (χ3v) is 6.33. The number of aryl methyl sites for hydroxylation is 1. The average molecular weight is 342 g/mol. The molecule has 1 aromatic carbocycles. The van der Waals surface area contributed by atoms with Crippen LogP contribution in [0.4, 0.5) is 5.69 Å². The van der Waals surface area contributed by atoms with Crippen molar-refractivity contribution in [3.63, 3.8) is 0 Å². The van der Waals surface area contributed by atoms with Gasteiger partial charge in [0.25, 0.3) is 0 Å². The molecule has 1 unspecified atom stereocenters. The number of ketones is 1. The summed E-state index contributed by atoms with van der Waals surface area (Å²) in [7, 11) is 0. The molecule has 136 valence electrons. The van der Waals surface area contributed by atoms with Crippen LogP contribution in [-0.2, 0) is 16.0 Å². The molecule has 4 heteroatoms. The number of piperidine rings is 1. The first-order valence-electron chi connectivity index (χ1n) is 9.98. The van der Waals surface area contributed by atoms with E-state index in [0.29, 0.717) is 11.8 Å². The fraction of sp³-hybridized carbons (Fsp3) is 0.667. The Balaban J connectivity index is 1.45. The van der Waals surface area contributed by atoms with Crippen LogP contribution in [0.2, 0.25) is 0 Å². The molecule has 0 amide bonds. The van der Waals surface area contributed by atoms with Gasteiger partial charge < -0.3 is 9.64 Å². The van der Waals surface area contributed by atoms with E-state index >= 15 is 0 Å².